The summed E-state index contributed by atoms with van der Waals surface area (Å²) in [5.74, 6) is 0. The Bertz CT molecular complexity index is 864. The van der Waals surface area contributed by atoms with E-state index in [9.17, 15) is 4.79 Å². The predicted molar refractivity (Wildman–Crippen MR) is 176 cm³/mol. The number of carbonyl (C=O) groups excluding carboxylic acids is 1. The van der Waals surface area contributed by atoms with E-state index in [2.05, 4.69) is 101 Å². The average molecular weight is 593 g/mol. The lowest BCUT2D eigenvalue weighted by molar-refractivity contribution is -0.148. The largest absolute Gasteiger partial charge is 0.453 e. The second-order valence-corrected chi connectivity index (χ2v) is 16.8. The Hall–Kier alpha value is -0.930. The monoisotopic (exact) mass is 593 g/mol. The molecule has 0 aromatic carbocycles. The van der Waals surface area contributed by atoms with Crippen molar-refractivity contribution in [2.75, 3.05) is 79.1 Å². The van der Waals surface area contributed by atoms with Gasteiger partial charge >= 0.3 is 6.09 Å². The first-order valence-electron chi connectivity index (χ1n) is 16.5. The lowest BCUT2D eigenvalue weighted by Gasteiger charge is -2.65. The fourth-order valence-corrected chi connectivity index (χ4v) is 7.56. The van der Waals surface area contributed by atoms with Crippen LogP contribution in [-0.2, 0) is 4.74 Å². The molecule has 0 unspecified atom stereocenters. The van der Waals surface area contributed by atoms with Crippen LogP contribution in [0.25, 0.3) is 0 Å². The van der Waals surface area contributed by atoms with Gasteiger partial charge in [0.05, 0.1) is 12.6 Å². The normalized spacial score (nSPS) is 26.5. The van der Waals surface area contributed by atoms with E-state index >= 15 is 0 Å². The number of hydrogen-bond donors (Lipinski definition) is 0. The van der Waals surface area contributed by atoms with Gasteiger partial charge in [-0.3, -0.25) is 29.4 Å². The van der Waals surface area contributed by atoms with E-state index in [-0.39, 0.29) is 24.6 Å². The van der Waals surface area contributed by atoms with Crippen molar-refractivity contribution < 1.29 is 9.53 Å². The fraction of sp³-hybridized carbons (Fsp3) is 0.971. The van der Waals surface area contributed by atoms with Gasteiger partial charge in [0.15, 0.2) is 0 Å². The summed E-state index contributed by atoms with van der Waals surface area (Å²) >= 11 is 0. The highest BCUT2D eigenvalue weighted by molar-refractivity contribution is 5.70. The molecule has 8 nitrogen and oxygen atoms in total. The number of hydrogen-bond acceptors (Lipinski definition) is 7. The van der Waals surface area contributed by atoms with Crippen molar-refractivity contribution >= 4 is 6.09 Å². The Labute approximate surface area is 260 Å². The Morgan fingerprint density at radius 3 is 1.10 bits per heavy atom. The zero-order valence-corrected chi connectivity index (χ0v) is 28.9. The minimum Gasteiger partial charge on any atom is -0.453 e. The first-order valence-corrected chi connectivity index (χ1v) is 16.5. The van der Waals surface area contributed by atoms with Crippen molar-refractivity contribution in [3.63, 3.8) is 0 Å². The smallest absolute Gasteiger partial charge is 0.410 e. The average Bonchev–Trinajstić information content (AvgIpc) is 2.67. The highest BCUT2D eigenvalue weighted by atomic mass is 16.5. The Morgan fingerprint density at radius 2 is 0.905 bits per heavy atom. The predicted octanol–water partition coefficient (Wildman–Crippen LogP) is 5.08. The molecule has 0 aliphatic carbocycles. The molecule has 0 atom stereocenters. The van der Waals surface area contributed by atoms with Crippen molar-refractivity contribution in [1.82, 2.24) is 29.4 Å². The standard InChI is InChI=1S/C11H20N2O2.2C11H22N2.CH4/c1-10(2,3)12-7-11(8-12)5-6-13(11)9(14)15-4;2*1-5-12-7-6-11(12)8-13(9-11)10(2,3)4;/h5-8H2,1-4H3;2*5-9H2,1-4H3;1H4. The SMILES string of the molecule is C.CCN1CCC12CN(C(C)(C)C)C2.CCN1CCC12CN(C(C)(C)C)C2.COC(=O)N1CCC12CN(C(C)(C)C)C2. The molecule has 6 heterocycles. The Kier molecular flexibility index (Phi) is 10.2. The molecule has 0 saturated carbocycles. The van der Waals surface area contributed by atoms with Crippen LogP contribution in [0.5, 0.6) is 0 Å². The van der Waals surface area contributed by atoms with Gasteiger partial charge in [0.2, 0.25) is 0 Å². The molecule has 6 rings (SSSR count). The van der Waals surface area contributed by atoms with E-state index in [0.717, 1.165) is 26.1 Å². The van der Waals surface area contributed by atoms with Gasteiger partial charge in [-0.1, -0.05) is 21.3 Å². The van der Waals surface area contributed by atoms with E-state index < -0.39 is 0 Å². The lowest BCUT2D eigenvalue weighted by atomic mass is 9.75. The van der Waals surface area contributed by atoms with Crippen LogP contribution in [0, 0.1) is 0 Å². The first-order chi connectivity index (χ1) is 18.8. The number of ether oxygens (including phenoxy) is 1. The van der Waals surface area contributed by atoms with Gasteiger partial charge in [-0.25, -0.2) is 4.79 Å². The van der Waals surface area contributed by atoms with Crippen molar-refractivity contribution in [2.24, 2.45) is 0 Å². The van der Waals surface area contributed by atoms with E-state index in [4.69, 9.17) is 4.74 Å². The van der Waals surface area contributed by atoms with Crippen LogP contribution in [0.1, 0.15) is 103 Å². The minimum absolute atomic E-state index is 0. The van der Waals surface area contributed by atoms with Crippen molar-refractivity contribution in [3.8, 4) is 0 Å². The van der Waals surface area contributed by atoms with Gasteiger partial charge in [-0.05, 0) is 94.7 Å². The van der Waals surface area contributed by atoms with Crippen LogP contribution in [0.15, 0.2) is 0 Å². The number of carbonyl (C=O) groups is 1. The molecule has 0 aromatic rings. The third-order valence-electron chi connectivity index (χ3n) is 11.3. The molecule has 42 heavy (non-hydrogen) atoms. The van der Waals surface area contributed by atoms with Crippen LogP contribution < -0.4 is 0 Å². The van der Waals surface area contributed by atoms with Gasteiger partial charge in [0, 0.05) is 86.6 Å². The van der Waals surface area contributed by atoms with Gasteiger partial charge < -0.3 is 4.74 Å². The second kappa shape index (κ2) is 12.1. The van der Waals surface area contributed by atoms with Crippen molar-refractivity contribution in [2.45, 2.75) is 136 Å². The van der Waals surface area contributed by atoms with Crippen LogP contribution in [0.3, 0.4) is 0 Å². The molecule has 246 valence electrons. The zero-order chi connectivity index (χ0) is 30.6. The zero-order valence-electron chi connectivity index (χ0n) is 28.9. The van der Waals surface area contributed by atoms with Gasteiger partial charge in [-0.2, -0.15) is 0 Å². The van der Waals surface area contributed by atoms with Crippen molar-refractivity contribution in [3.05, 3.63) is 0 Å². The number of methoxy groups -OCH3 is 1. The topological polar surface area (TPSA) is 45.7 Å². The summed E-state index contributed by atoms with van der Waals surface area (Å²) in [6.45, 7) is 38.2. The lowest BCUT2D eigenvalue weighted by Crippen LogP contribution is -2.79. The summed E-state index contributed by atoms with van der Waals surface area (Å²) in [4.78, 5) is 26.2. The molecule has 6 aliphatic rings. The molecule has 6 fully saturated rings. The third kappa shape index (κ3) is 6.54. The minimum atomic E-state index is -0.171. The summed E-state index contributed by atoms with van der Waals surface area (Å²) in [5, 5.41) is 0. The second-order valence-electron chi connectivity index (χ2n) is 16.8. The van der Waals surface area contributed by atoms with E-state index in [0.29, 0.717) is 22.2 Å². The summed E-state index contributed by atoms with van der Waals surface area (Å²) in [6, 6.07) is 0. The highest BCUT2D eigenvalue weighted by Crippen LogP contribution is 2.43. The number of likely N-dealkylation sites (tertiary alicyclic amines) is 6. The molecule has 8 heteroatoms. The molecule has 0 aromatic heterocycles. The van der Waals surface area contributed by atoms with E-state index in [1.54, 1.807) is 0 Å². The molecule has 6 saturated heterocycles. The summed E-state index contributed by atoms with van der Waals surface area (Å²) in [5.41, 5.74) is 2.26. The summed E-state index contributed by atoms with van der Waals surface area (Å²) in [7, 11) is 1.45. The summed E-state index contributed by atoms with van der Waals surface area (Å²) in [6.07, 6.45) is 3.80. The third-order valence-corrected chi connectivity index (χ3v) is 11.3. The number of rotatable bonds is 2. The molecule has 6 aliphatic heterocycles. The van der Waals surface area contributed by atoms with Gasteiger partial charge in [0.25, 0.3) is 0 Å². The number of nitrogens with zero attached hydrogens (tertiary/aromatic N) is 6. The molecule has 0 radical (unpaired) electrons. The maximum Gasteiger partial charge on any atom is 0.410 e. The van der Waals surface area contributed by atoms with E-state index in [1.165, 1.54) is 72.3 Å². The summed E-state index contributed by atoms with van der Waals surface area (Å²) < 4.78 is 4.77. The molecule has 0 bridgehead atoms. The van der Waals surface area contributed by atoms with Crippen LogP contribution in [0.2, 0.25) is 0 Å². The fourth-order valence-electron chi connectivity index (χ4n) is 7.56. The highest BCUT2D eigenvalue weighted by Gasteiger charge is 2.58. The molecule has 0 N–H and O–H groups in total. The quantitative estimate of drug-likeness (QED) is 0.443. The first kappa shape index (κ1) is 35.5. The van der Waals surface area contributed by atoms with E-state index in [1.807, 2.05) is 4.90 Å². The molecular weight excluding hydrogens is 524 g/mol. The molecule has 1 amide bonds. The Morgan fingerprint density at radius 1 is 0.595 bits per heavy atom. The van der Waals surface area contributed by atoms with Crippen LogP contribution in [-0.4, -0.2) is 148 Å². The Balaban J connectivity index is 0.000000171. The molecular formula is C34H68N6O2. The van der Waals surface area contributed by atoms with Gasteiger partial charge in [-0.15, -0.1) is 0 Å². The molecule has 3 spiro atoms. The van der Waals surface area contributed by atoms with Gasteiger partial charge in [0.1, 0.15) is 0 Å². The van der Waals surface area contributed by atoms with Crippen LogP contribution >= 0.6 is 0 Å². The van der Waals surface area contributed by atoms with Crippen molar-refractivity contribution in [1.29, 1.82) is 0 Å². The number of likely N-dealkylation sites (N-methyl/N-ethyl adjacent to an activating group) is 2. The maximum atomic E-state index is 11.4. The van der Waals surface area contributed by atoms with Crippen LogP contribution in [0.4, 0.5) is 4.79 Å². The maximum absolute atomic E-state index is 11.4. The number of amides is 1.